The molecule has 0 aliphatic rings. The van der Waals surface area contributed by atoms with Gasteiger partial charge in [-0.1, -0.05) is 0 Å². The summed E-state index contributed by atoms with van der Waals surface area (Å²) in [5.74, 6) is 0.522. The van der Waals surface area contributed by atoms with E-state index in [1.165, 1.54) is 49.1 Å². The van der Waals surface area contributed by atoms with Crippen molar-refractivity contribution in [3.8, 4) is 0 Å². The van der Waals surface area contributed by atoms with E-state index in [1.54, 1.807) is 13.0 Å². The highest BCUT2D eigenvalue weighted by Crippen LogP contribution is 2.22. The van der Waals surface area contributed by atoms with Crippen LogP contribution in [-0.2, 0) is 16.4 Å². The smallest absolute Gasteiger partial charge is 0.319 e. The van der Waals surface area contributed by atoms with Crippen LogP contribution in [0.2, 0.25) is 0 Å². The van der Waals surface area contributed by atoms with Crippen LogP contribution < -0.4 is 10.6 Å². The Labute approximate surface area is 150 Å². The lowest BCUT2D eigenvalue weighted by Gasteiger charge is -2.08. The second-order valence-electron chi connectivity index (χ2n) is 5.44. The summed E-state index contributed by atoms with van der Waals surface area (Å²) in [7, 11) is -3.65. The van der Waals surface area contributed by atoms with Crippen molar-refractivity contribution in [2.45, 2.75) is 23.3 Å². The van der Waals surface area contributed by atoms with Gasteiger partial charge in [0, 0.05) is 17.6 Å². The summed E-state index contributed by atoms with van der Waals surface area (Å²) in [6, 6.07) is 8.61. The van der Waals surface area contributed by atoms with E-state index in [-0.39, 0.29) is 16.3 Å². The van der Waals surface area contributed by atoms with Gasteiger partial charge < -0.3 is 15.1 Å². The quantitative estimate of drug-likeness (QED) is 0.711. The molecule has 1 aromatic carbocycles. The first-order valence-electron chi connectivity index (χ1n) is 7.65. The molecule has 2 heterocycles. The highest BCUT2D eigenvalue weighted by atomic mass is 32.2. The van der Waals surface area contributed by atoms with Gasteiger partial charge in [0.1, 0.15) is 5.76 Å². The van der Waals surface area contributed by atoms with Crippen LogP contribution in [0, 0.1) is 6.92 Å². The van der Waals surface area contributed by atoms with Crippen molar-refractivity contribution in [3.05, 3.63) is 66.6 Å². The van der Waals surface area contributed by atoms with Gasteiger partial charge >= 0.3 is 6.03 Å². The summed E-state index contributed by atoms with van der Waals surface area (Å²) >= 11 is 0. The van der Waals surface area contributed by atoms with E-state index in [9.17, 15) is 13.2 Å². The minimum absolute atomic E-state index is 0.119. The third-order valence-electron chi connectivity index (χ3n) is 3.52. The fourth-order valence-electron chi connectivity index (χ4n) is 2.14. The van der Waals surface area contributed by atoms with Crippen LogP contribution in [0.1, 0.15) is 11.5 Å². The molecule has 0 fully saturated rings. The number of urea groups is 1. The molecule has 0 saturated heterocycles. The number of aromatic nitrogens is 2. The van der Waals surface area contributed by atoms with Gasteiger partial charge in [-0.05, 0) is 43.3 Å². The number of amides is 2. The van der Waals surface area contributed by atoms with Crippen molar-refractivity contribution >= 4 is 21.6 Å². The lowest BCUT2D eigenvalue weighted by atomic mass is 10.3. The molecular formula is C17H16N4O4S. The fraction of sp³-hybridized carbons (Fsp3) is 0.118. The van der Waals surface area contributed by atoms with Crippen molar-refractivity contribution in [1.82, 2.24) is 15.3 Å². The zero-order valence-corrected chi connectivity index (χ0v) is 14.7. The number of hydrogen-bond acceptors (Lipinski definition) is 6. The molecule has 0 bridgehead atoms. The first kappa shape index (κ1) is 17.6. The maximum Gasteiger partial charge on any atom is 0.319 e. The largest absolute Gasteiger partial charge is 0.447 e. The average Bonchev–Trinajstić information content (AvgIpc) is 3.14. The van der Waals surface area contributed by atoms with Crippen LogP contribution in [0.15, 0.2) is 69.4 Å². The molecule has 2 aromatic heterocycles. The van der Waals surface area contributed by atoms with Gasteiger partial charge in [0.25, 0.3) is 0 Å². The summed E-state index contributed by atoms with van der Waals surface area (Å²) in [5, 5.41) is 5.21. The molecule has 0 aliphatic carbocycles. The lowest BCUT2D eigenvalue weighted by Crippen LogP contribution is -2.27. The normalized spacial score (nSPS) is 11.1. The molecule has 134 valence electrons. The lowest BCUT2D eigenvalue weighted by molar-refractivity contribution is 0.251. The van der Waals surface area contributed by atoms with Crippen LogP contribution in [0.3, 0.4) is 0 Å². The molecule has 3 rings (SSSR count). The molecule has 2 amide bonds. The third-order valence-corrected chi connectivity index (χ3v) is 5.28. The molecule has 0 saturated carbocycles. The maximum atomic E-state index is 12.6. The van der Waals surface area contributed by atoms with Crippen molar-refractivity contribution < 1.29 is 17.6 Å². The Kier molecular flexibility index (Phi) is 4.99. The molecule has 8 nitrogen and oxygen atoms in total. The minimum Gasteiger partial charge on any atom is -0.447 e. The summed E-state index contributed by atoms with van der Waals surface area (Å²) < 4.78 is 30.1. The summed E-state index contributed by atoms with van der Waals surface area (Å²) in [6.45, 7) is 1.98. The van der Waals surface area contributed by atoms with Crippen LogP contribution in [0.25, 0.3) is 0 Å². The molecule has 0 radical (unpaired) electrons. The van der Waals surface area contributed by atoms with E-state index in [1.807, 2.05) is 0 Å². The standard InChI is InChI=1S/C17H16N4O4S/c1-12-2-5-16(10-19-12)26(23,24)15-6-3-13(4-7-15)21-17(22)20-9-14-8-18-11-25-14/h2-8,10-11H,9H2,1H3,(H2,20,21,22). The maximum absolute atomic E-state index is 12.6. The third kappa shape index (κ3) is 4.06. The highest BCUT2D eigenvalue weighted by molar-refractivity contribution is 7.91. The first-order valence-corrected chi connectivity index (χ1v) is 9.13. The Morgan fingerprint density at radius 3 is 2.42 bits per heavy atom. The number of anilines is 1. The Balaban J connectivity index is 1.66. The van der Waals surface area contributed by atoms with Gasteiger partial charge in [-0.3, -0.25) is 4.98 Å². The second-order valence-corrected chi connectivity index (χ2v) is 7.39. The SMILES string of the molecule is Cc1ccc(S(=O)(=O)c2ccc(NC(=O)NCc3cnco3)cc2)cn1. The molecule has 0 atom stereocenters. The number of rotatable bonds is 5. The van der Waals surface area contributed by atoms with Crippen molar-refractivity contribution in [1.29, 1.82) is 0 Å². The van der Waals surface area contributed by atoms with E-state index in [0.717, 1.165) is 5.69 Å². The summed E-state index contributed by atoms with van der Waals surface area (Å²) in [4.78, 5) is 19.8. The Morgan fingerprint density at radius 1 is 1.08 bits per heavy atom. The molecule has 9 heteroatoms. The van der Waals surface area contributed by atoms with Crippen LogP contribution in [0.4, 0.5) is 10.5 Å². The van der Waals surface area contributed by atoms with Crippen LogP contribution in [0.5, 0.6) is 0 Å². The zero-order chi connectivity index (χ0) is 18.6. The minimum atomic E-state index is -3.65. The van der Waals surface area contributed by atoms with Gasteiger partial charge in [0.05, 0.1) is 22.5 Å². The molecule has 0 spiro atoms. The number of carbonyl (C=O) groups excluding carboxylic acids is 1. The number of nitrogens with one attached hydrogen (secondary N) is 2. The second kappa shape index (κ2) is 7.36. The molecule has 0 unspecified atom stereocenters. The number of aryl methyl sites for hydroxylation is 1. The summed E-state index contributed by atoms with van der Waals surface area (Å²) in [5.41, 5.74) is 1.20. The molecule has 26 heavy (non-hydrogen) atoms. The number of hydrogen-bond donors (Lipinski definition) is 2. The average molecular weight is 372 g/mol. The molecular weight excluding hydrogens is 356 g/mol. The Bertz CT molecular complexity index is 982. The van der Waals surface area contributed by atoms with Crippen molar-refractivity contribution in [2.24, 2.45) is 0 Å². The Morgan fingerprint density at radius 2 is 1.81 bits per heavy atom. The van der Waals surface area contributed by atoms with Crippen LogP contribution in [-0.4, -0.2) is 24.4 Å². The van der Waals surface area contributed by atoms with E-state index in [4.69, 9.17) is 4.42 Å². The topological polar surface area (TPSA) is 114 Å². The van der Waals surface area contributed by atoms with Crippen molar-refractivity contribution in [2.75, 3.05) is 5.32 Å². The molecule has 0 aliphatic heterocycles. The highest BCUT2D eigenvalue weighted by Gasteiger charge is 2.18. The van der Waals surface area contributed by atoms with Crippen LogP contribution >= 0.6 is 0 Å². The number of oxazole rings is 1. The first-order chi connectivity index (χ1) is 12.4. The number of nitrogens with zero attached hydrogens (tertiary/aromatic N) is 2. The number of pyridine rings is 1. The number of sulfone groups is 1. The molecule has 2 N–H and O–H groups in total. The van der Waals surface area contributed by atoms with Gasteiger partial charge in [0.15, 0.2) is 6.39 Å². The van der Waals surface area contributed by atoms with Gasteiger partial charge in [-0.25, -0.2) is 18.2 Å². The predicted molar refractivity (Wildman–Crippen MR) is 93.2 cm³/mol. The number of carbonyl (C=O) groups is 1. The zero-order valence-electron chi connectivity index (χ0n) is 13.8. The molecule has 3 aromatic rings. The van der Waals surface area contributed by atoms with E-state index < -0.39 is 15.9 Å². The summed E-state index contributed by atoms with van der Waals surface area (Å²) in [6.07, 6.45) is 4.10. The predicted octanol–water partition coefficient (Wildman–Crippen LogP) is 2.53. The van der Waals surface area contributed by atoms with E-state index in [2.05, 4.69) is 20.6 Å². The van der Waals surface area contributed by atoms with E-state index >= 15 is 0 Å². The Hall–Kier alpha value is -3.20. The fourth-order valence-corrected chi connectivity index (χ4v) is 3.34. The van der Waals surface area contributed by atoms with Crippen molar-refractivity contribution in [3.63, 3.8) is 0 Å². The van der Waals surface area contributed by atoms with Gasteiger partial charge in [-0.15, -0.1) is 0 Å². The van der Waals surface area contributed by atoms with E-state index in [0.29, 0.717) is 11.4 Å². The van der Waals surface area contributed by atoms with Gasteiger partial charge in [-0.2, -0.15) is 0 Å². The number of benzene rings is 1. The monoisotopic (exact) mass is 372 g/mol. The van der Waals surface area contributed by atoms with Gasteiger partial charge in [0.2, 0.25) is 9.84 Å².